The van der Waals surface area contributed by atoms with Gasteiger partial charge >= 0.3 is 0 Å². The minimum Gasteiger partial charge on any atom is -0.497 e. The normalized spacial score (nSPS) is 12.7. The maximum absolute atomic E-state index is 13.3. The van der Waals surface area contributed by atoms with Crippen LogP contribution in [0.4, 0.5) is 0 Å². The number of ether oxygens (including phenoxy) is 2. The van der Waals surface area contributed by atoms with E-state index in [9.17, 15) is 4.79 Å². The van der Waals surface area contributed by atoms with Crippen molar-refractivity contribution in [2.24, 2.45) is 0 Å². The number of carbonyl (C=O) groups excluding carboxylic acids is 1. The molecule has 1 amide bonds. The highest BCUT2D eigenvalue weighted by Gasteiger charge is 2.32. The van der Waals surface area contributed by atoms with Crippen LogP contribution in [0.25, 0.3) is 11.5 Å². The zero-order chi connectivity index (χ0) is 22.2. The van der Waals surface area contributed by atoms with E-state index >= 15 is 0 Å². The van der Waals surface area contributed by atoms with Gasteiger partial charge in [-0.15, -0.1) is 0 Å². The summed E-state index contributed by atoms with van der Waals surface area (Å²) in [6, 6.07) is 17.5. The second kappa shape index (κ2) is 7.92. The first-order valence-electron chi connectivity index (χ1n) is 10.4. The molecule has 0 saturated carbocycles. The maximum Gasteiger partial charge on any atom is 0.254 e. The number of fused-ring (bicyclic) bond motifs is 1. The van der Waals surface area contributed by atoms with Crippen molar-refractivity contribution < 1.29 is 14.3 Å². The molecule has 0 saturated heterocycles. The van der Waals surface area contributed by atoms with E-state index in [0.29, 0.717) is 30.2 Å². The van der Waals surface area contributed by atoms with Crippen LogP contribution in [0.1, 0.15) is 27.2 Å². The Hall–Kier alpha value is -4.00. The third-order valence-electron chi connectivity index (χ3n) is 5.74. The topological polar surface area (TPSA) is 61.5 Å². The molecule has 4 aromatic rings. The predicted molar refractivity (Wildman–Crippen MR) is 121 cm³/mol. The van der Waals surface area contributed by atoms with Gasteiger partial charge in [-0.1, -0.05) is 17.7 Å². The summed E-state index contributed by atoms with van der Waals surface area (Å²) >= 11 is 0. The van der Waals surface area contributed by atoms with E-state index in [0.717, 1.165) is 22.8 Å². The molecular weight excluding hydrogens is 404 g/mol. The van der Waals surface area contributed by atoms with Gasteiger partial charge in [0.2, 0.25) is 0 Å². The molecule has 0 atom stereocenters. The third kappa shape index (κ3) is 3.41. The first-order chi connectivity index (χ1) is 15.6. The molecular formula is C25H24N4O3. The highest BCUT2D eigenvalue weighted by Crippen LogP contribution is 2.32. The van der Waals surface area contributed by atoms with E-state index in [1.54, 1.807) is 37.3 Å². The Morgan fingerprint density at radius 3 is 2.22 bits per heavy atom. The van der Waals surface area contributed by atoms with Crippen molar-refractivity contribution in [3.63, 3.8) is 0 Å². The van der Waals surface area contributed by atoms with Crippen molar-refractivity contribution in [3.05, 3.63) is 89.4 Å². The minimum absolute atomic E-state index is 0.0828. The van der Waals surface area contributed by atoms with Crippen molar-refractivity contribution in [2.75, 3.05) is 14.2 Å². The van der Waals surface area contributed by atoms with E-state index in [4.69, 9.17) is 14.6 Å². The Morgan fingerprint density at radius 2 is 1.59 bits per heavy atom. The van der Waals surface area contributed by atoms with E-state index in [-0.39, 0.29) is 5.91 Å². The molecule has 0 N–H and O–H groups in total. The summed E-state index contributed by atoms with van der Waals surface area (Å²) in [6.07, 6.45) is 4.00. The standard InChI is InChI=1S/C25H24N4O3/c1-17-6-8-19(9-7-17)29-24(27-10-4-5-11-27)22-15-28(16-23(22)26-29)25(30)18-12-20(31-2)14-21(13-18)32-3/h4-14H,15-16H2,1-3H3. The van der Waals surface area contributed by atoms with Crippen molar-refractivity contribution >= 4 is 5.91 Å². The van der Waals surface area contributed by atoms with Gasteiger partial charge in [0.05, 0.1) is 38.7 Å². The van der Waals surface area contributed by atoms with Crippen LogP contribution in [0.2, 0.25) is 0 Å². The van der Waals surface area contributed by atoms with Gasteiger partial charge in [-0.05, 0) is 43.3 Å². The summed E-state index contributed by atoms with van der Waals surface area (Å²) in [5.41, 5.74) is 4.66. The fourth-order valence-electron chi connectivity index (χ4n) is 4.07. The molecule has 7 nitrogen and oxygen atoms in total. The number of aryl methyl sites for hydroxylation is 1. The Balaban J connectivity index is 1.51. The smallest absolute Gasteiger partial charge is 0.254 e. The number of methoxy groups -OCH3 is 2. The molecule has 2 aromatic carbocycles. The van der Waals surface area contributed by atoms with Crippen LogP contribution in [0.15, 0.2) is 67.0 Å². The molecule has 2 aromatic heterocycles. The monoisotopic (exact) mass is 428 g/mol. The first kappa shape index (κ1) is 19.9. The lowest BCUT2D eigenvalue weighted by Crippen LogP contribution is -2.26. The second-order valence-corrected chi connectivity index (χ2v) is 7.85. The first-order valence-corrected chi connectivity index (χ1v) is 10.4. The quantitative estimate of drug-likeness (QED) is 0.479. The lowest BCUT2D eigenvalue weighted by atomic mass is 10.1. The Bertz CT molecular complexity index is 1250. The fraction of sp³-hybridized carbons (Fsp3) is 0.200. The summed E-state index contributed by atoms with van der Waals surface area (Å²) < 4.78 is 14.7. The summed E-state index contributed by atoms with van der Waals surface area (Å²) in [4.78, 5) is 15.1. The van der Waals surface area contributed by atoms with Crippen LogP contribution in [0, 0.1) is 6.92 Å². The fourth-order valence-corrected chi connectivity index (χ4v) is 4.07. The molecule has 1 aliphatic rings. The molecule has 0 bridgehead atoms. The van der Waals surface area contributed by atoms with Crippen molar-refractivity contribution in [2.45, 2.75) is 20.0 Å². The number of hydrogen-bond acceptors (Lipinski definition) is 4. The molecule has 1 aliphatic heterocycles. The molecule has 0 aliphatic carbocycles. The molecule has 32 heavy (non-hydrogen) atoms. The van der Waals surface area contributed by atoms with Gasteiger partial charge in [0.1, 0.15) is 17.3 Å². The minimum atomic E-state index is -0.0828. The van der Waals surface area contributed by atoms with Gasteiger partial charge < -0.3 is 18.9 Å². The van der Waals surface area contributed by atoms with E-state index in [1.807, 2.05) is 33.8 Å². The second-order valence-electron chi connectivity index (χ2n) is 7.85. The average Bonchev–Trinajstić information content (AvgIpc) is 3.55. The molecule has 7 heteroatoms. The van der Waals surface area contributed by atoms with Crippen LogP contribution in [-0.4, -0.2) is 39.4 Å². The highest BCUT2D eigenvalue weighted by atomic mass is 16.5. The molecule has 0 unspecified atom stereocenters. The molecule has 0 spiro atoms. The van der Waals surface area contributed by atoms with Gasteiger partial charge in [-0.2, -0.15) is 5.10 Å². The zero-order valence-corrected chi connectivity index (χ0v) is 18.3. The van der Waals surface area contributed by atoms with Crippen LogP contribution < -0.4 is 9.47 Å². The number of rotatable bonds is 5. The number of amides is 1. The van der Waals surface area contributed by atoms with Gasteiger partial charge in [0.15, 0.2) is 0 Å². The molecule has 162 valence electrons. The zero-order valence-electron chi connectivity index (χ0n) is 18.3. The van der Waals surface area contributed by atoms with E-state index < -0.39 is 0 Å². The van der Waals surface area contributed by atoms with Gasteiger partial charge in [0.25, 0.3) is 5.91 Å². The van der Waals surface area contributed by atoms with Gasteiger partial charge in [-0.3, -0.25) is 4.79 Å². The maximum atomic E-state index is 13.3. The SMILES string of the molecule is COc1cc(OC)cc(C(=O)N2Cc3nn(-c4ccc(C)cc4)c(-n4cccc4)c3C2)c1. The lowest BCUT2D eigenvalue weighted by molar-refractivity contribution is 0.0748. The van der Waals surface area contributed by atoms with Crippen LogP contribution in [-0.2, 0) is 13.1 Å². The van der Waals surface area contributed by atoms with Crippen LogP contribution in [0.5, 0.6) is 11.5 Å². The van der Waals surface area contributed by atoms with E-state index in [1.165, 1.54) is 5.56 Å². The number of benzene rings is 2. The van der Waals surface area contributed by atoms with Gasteiger partial charge in [0, 0.05) is 29.6 Å². The predicted octanol–water partition coefficient (Wildman–Crippen LogP) is 4.14. The van der Waals surface area contributed by atoms with Crippen molar-refractivity contribution in [1.29, 1.82) is 0 Å². The van der Waals surface area contributed by atoms with Crippen molar-refractivity contribution in [1.82, 2.24) is 19.2 Å². The highest BCUT2D eigenvalue weighted by molar-refractivity contribution is 5.95. The number of hydrogen-bond donors (Lipinski definition) is 0. The molecule has 5 rings (SSSR count). The van der Waals surface area contributed by atoms with Gasteiger partial charge in [-0.25, -0.2) is 4.68 Å². The van der Waals surface area contributed by atoms with Crippen LogP contribution >= 0.6 is 0 Å². The molecule has 3 heterocycles. The molecule has 0 fully saturated rings. The third-order valence-corrected chi connectivity index (χ3v) is 5.74. The number of nitrogens with zero attached hydrogens (tertiary/aromatic N) is 4. The number of aromatic nitrogens is 3. The summed E-state index contributed by atoms with van der Waals surface area (Å²) in [5.74, 6) is 2.04. The Morgan fingerprint density at radius 1 is 0.938 bits per heavy atom. The van der Waals surface area contributed by atoms with Crippen LogP contribution in [0.3, 0.4) is 0 Å². The van der Waals surface area contributed by atoms with E-state index in [2.05, 4.69) is 31.2 Å². The molecule has 0 radical (unpaired) electrons. The Labute approximate surface area is 186 Å². The summed E-state index contributed by atoms with van der Waals surface area (Å²) in [7, 11) is 3.15. The average molecular weight is 428 g/mol. The number of carbonyl (C=O) groups is 1. The lowest BCUT2D eigenvalue weighted by Gasteiger charge is -2.18. The summed E-state index contributed by atoms with van der Waals surface area (Å²) in [6.45, 7) is 2.99. The largest absolute Gasteiger partial charge is 0.497 e. The summed E-state index contributed by atoms with van der Waals surface area (Å²) in [5, 5.41) is 4.89. The Kier molecular flexibility index (Phi) is 4.93. The van der Waals surface area contributed by atoms with Crippen molar-refractivity contribution in [3.8, 4) is 23.0 Å².